The lowest BCUT2D eigenvalue weighted by molar-refractivity contribution is 1.09. The van der Waals surface area contributed by atoms with E-state index < -0.39 is 0 Å². The van der Waals surface area contributed by atoms with E-state index in [9.17, 15) is 0 Å². The Morgan fingerprint density at radius 2 is 1.11 bits per heavy atom. The standard InChI is InChI=1S/C42H23N3S2/c1-2-11-26-22-34-33(21-25(26)10-1)31-20-17-24-9-3-4-12-28(24)40(31)45(34)41-38(44-42-39(43-41)32-14-6-8-16-36(32)47-42)27-18-19-30-29-13-5-7-15-35(29)46-37(30)23-27/h1-23H. The molecule has 11 aromatic rings. The van der Waals surface area contributed by atoms with E-state index in [1.807, 2.05) is 11.3 Å². The fourth-order valence-electron chi connectivity index (χ4n) is 7.42. The Balaban J connectivity index is 1.33. The Morgan fingerprint density at radius 3 is 1.96 bits per heavy atom. The van der Waals surface area contributed by atoms with Gasteiger partial charge in [0.1, 0.15) is 16.0 Å². The largest absolute Gasteiger partial charge is 0.291 e. The van der Waals surface area contributed by atoms with Crippen molar-refractivity contribution in [2.24, 2.45) is 0 Å². The minimum Gasteiger partial charge on any atom is -0.291 e. The van der Waals surface area contributed by atoms with Gasteiger partial charge in [0.15, 0.2) is 5.82 Å². The number of thiophene rings is 2. The average Bonchev–Trinajstić information content (AvgIpc) is 3.78. The molecule has 0 aliphatic heterocycles. The van der Waals surface area contributed by atoms with Crippen molar-refractivity contribution in [1.82, 2.24) is 14.5 Å². The Bertz CT molecular complexity index is 3090. The van der Waals surface area contributed by atoms with Gasteiger partial charge < -0.3 is 0 Å². The number of fused-ring (bicyclic) bond motifs is 12. The number of rotatable bonds is 2. The molecule has 0 atom stereocenters. The summed E-state index contributed by atoms with van der Waals surface area (Å²) in [4.78, 5) is 12.1. The van der Waals surface area contributed by atoms with E-state index in [1.54, 1.807) is 11.3 Å². The summed E-state index contributed by atoms with van der Waals surface area (Å²) in [6.45, 7) is 0. The van der Waals surface area contributed by atoms with E-state index in [1.165, 1.54) is 57.2 Å². The molecule has 0 N–H and O–H groups in total. The van der Waals surface area contributed by atoms with Gasteiger partial charge in [-0.25, -0.2) is 9.97 Å². The first-order chi connectivity index (χ1) is 23.3. The van der Waals surface area contributed by atoms with Crippen LogP contribution in [-0.2, 0) is 0 Å². The first-order valence-electron chi connectivity index (χ1n) is 15.7. The fourth-order valence-corrected chi connectivity index (χ4v) is 9.58. The van der Waals surface area contributed by atoms with Crippen LogP contribution in [0.5, 0.6) is 0 Å². The molecule has 0 saturated carbocycles. The van der Waals surface area contributed by atoms with E-state index in [-0.39, 0.29) is 0 Å². The summed E-state index contributed by atoms with van der Waals surface area (Å²) in [7, 11) is 0. The van der Waals surface area contributed by atoms with Gasteiger partial charge in [-0.05, 0) is 46.5 Å². The molecule has 0 fully saturated rings. The Kier molecular flexibility index (Phi) is 5.14. The van der Waals surface area contributed by atoms with E-state index in [2.05, 4.69) is 144 Å². The molecule has 0 spiro atoms. The summed E-state index contributed by atoms with van der Waals surface area (Å²) in [6.07, 6.45) is 0. The van der Waals surface area contributed by atoms with Gasteiger partial charge in [-0.15, -0.1) is 22.7 Å². The number of aromatic nitrogens is 3. The van der Waals surface area contributed by atoms with E-state index in [0.29, 0.717) is 0 Å². The van der Waals surface area contributed by atoms with Gasteiger partial charge in [0.2, 0.25) is 0 Å². The van der Waals surface area contributed by atoms with Crippen LogP contribution in [0.1, 0.15) is 0 Å². The van der Waals surface area contributed by atoms with Crippen LogP contribution in [-0.4, -0.2) is 14.5 Å². The summed E-state index contributed by atoms with van der Waals surface area (Å²) >= 11 is 3.55. The van der Waals surface area contributed by atoms with E-state index in [0.717, 1.165) is 43.8 Å². The van der Waals surface area contributed by atoms with Crippen molar-refractivity contribution in [2.75, 3.05) is 0 Å². The molecule has 47 heavy (non-hydrogen) atoms. The molecule has 0 aliphatic rings. The second-order valence-corrected chi connectivity index (χ2v) is 14.3. The maximum Gasteiger partial charge on any atom is 0.165 e. The summed E-state index contributed by atoms with van der Waals surface area (Å²) in [5.74, 6) is 0.855. The number of nitrogens with zero attached hydrogens (tertiary/aromatic N) is 3. The molecular weight excluding hydrogens is 611 g/mol. The molecule has 7 aromatic carbocycles. The smallest absolute Gasteiger partial charge is 0.165 e. The van der Waals surface area contributed by atoms with Crippen LogP contribution in [0.15, 0.2) is 140 Å². The number of benzene rings is 7. The van der Waals surface area contributed by atoms with Crippen LogP contribution in [0.25, 0.3) is 101 Å². The Hall–Kier alpha value is -5.62. The topological polar surface area (TPSA) is 30.7 Å². The molecule has 0 unspecified atom stereocenters. The molecule has 5 heteroatoms. The van der Waals surface area contributed by atoms with Gasteiger partial charge in [0.25, 0.3) is 0 Å². The summed E-state index contributed by atoms with van der Waals surface area (Å²) in [5.41, 5.74) is 5.20. The predicted octanol–water partition coefficient (Wildman–Crippen LogP) is 12.3. The first-order valence-corrected chi connectivity index (χ1v) is 17.4. The van der Waals surface area contributed by atoms with Crippen LogP contribution in [0.3, 0.4) is 0 Å². The minimum atomic E-state index is 0.855. The van der Waals surface area contributed by atoms with Crippen molar-refractivity contribution in [3.05, 3.63) is 140 Å². The van der Waals surface area contributed by atoms with Crippen molar-refractivity contribution >= 4 is 107 Å². The lowest BCUT2D eigenvalue weighted by Gasteiger charge is -2.14. The summed E-state index contributed by atoms with van der Waals surface area (Å²) < 4.78 is 6.14. The maximum atomic E-state index is 5.61. The maximum absolute atomic E-state index is 5.61. The molecule has 0 aliphatic carbocycles. The van der Waals surface area contributed by atoms with E-state index >= 15 is 0 Å². The molecule has 11 rings (SSSR count). The summed E-state index contributed by atoms with van der Waals surface area (Å²) in [6, 6.07) is 50.5. The predicted molar refractivity (Wildman–Crippen MR) is 203 cm³/mol. The van der Waals surface area contributed by atoms with Gasteiger partial charge >= 0.3 is 0 Å². The number of hydrogen-bond donors (Lipinski definition) is 0. The van der Waals surface area contributed by atoms with Crippen molar-refractivity contribution in [3.8, 4) is 17.1 Å². The fraction of sp³-hybridized carbons (Fsp3) is 0. The molecule has 0 radical (unpaired) electrons. The highest BCUT2D eigenvalue weighted by atomic mass is 32.1. The third kappa shape index (κ3) is 3.61. The zero-order valence-electron chi connectivity index (χ0n) is 24.9. The third-order valence-electron chi connectivity index (χ3n) is 9.58. The molecule has 3 nitrogen and oxygen atoms in total. The zero-order chi connectivity index (χ0) is 30.6. The lowest BCUT2D eigenvalue weighted by Crippen LogP contribution is -2.03. The first kappa shape index (κ1) is 25.6. The highest BCUT2D eigenvalue weighted by molar-refractivity contribution is 7.26. The second-order valence-electron chi connectivity index (χ2n) is 12.2. The van der Waals surface area contributed by atoms with Crippen LogP contribution in [0.4, 0.5) is 0 Å². The molecule has 4 aromatic heterocycles. The zero-order valence-corrected chi connectivity index (χ0v) is 26.6. The van der Waals surface area contributed by atoms with Crippen LogP contribution in [0, 0.1) is 0 Å². The Morgan fingerprint density at radius 1 is 0.447 bits per heavy atom. The molecule has 0 amide bonds. The van der Waals surface area contributed by atoms with E-state index in [4.69, 9.17) is 9.97 Å². The monoisotopic (exact) mass is 633 g/mol. The van der Waals surface area contributed by atoms with Crippen molar-refractivity contribution in [1.29, 1.82) is 0 Å². The van der Waals surface area contributed by atoms with Gasteiger partial charge in [-0.2, -0.15) is 0 Å². The van der Waals surface area contributed by atoms with Gasteiger partial charge in [-0.1, -0.05) is 109 Å². The molecular formula is C42H23N3S2. The quantitative estimate of drug-likeness (QED) is 0.190. The van der Waals surface area contributed by atoms with Crippen molar-refractivity contribution in [2.45, 2.75) is 0 Å². The van der Waals surface area contributed by atoms with Crippen molar-refractivity contribution in [3.63, 3.8) is 0 Å². The average molecular weight is 634 g/mol. The molecule has 0 bridgehead atoms. The third-order valence-corrected chi connectivity index (χ3v) is 11.8. The molecule has 4 heterocycles. The molecule has 218 valence electrons. The van der Waals surface area contributed by atoms with Crippen LogP contribution >= 0.6 is 22.7 Å². The van der Waals surface area contributed by atoms with Crippen molar-refractivity contribution < 1.29 is 0 Å². The summed E-state index contributed by atoms with van der Waals surface area (Å²) in [5, 5.41) is 11.0. The Labute approximate surface area is 276 Å². The number of hydrogen-bond acceptors (Lipinski definition) is 4. The lowest BCUT2D eigenvalue weighted by atomic mass is 10.0. The van der Waals surface area contributed by atoms with Gasteiger partial charge in [0, 0.05) is 52.0 Å². The van der Waals surface area contributed by atoms with Gasteiger partial charge in [0.05, 0.1) is 11.0 Å². The minimum absolute atomic E-state index is 0.855. The van der Waals surface area contributed by atoms with Gasteiger partial charge in [-0.3, -0.25) is 4.57 Å². The molecule has 0 saturated heterocycles. The van der Waals surface area contributed by atoms with Crippen LogP contribution in [0.2, 0.25) is 0 Å². The second kappa shape index (κ2) is 9.46. The highest BCUT2D eigenvalue weighted by Crippen LogP contribution is 2.43. The SMILES string of the molecule is c1ccc2cc3c(cc2c1)c1ccc2ccccc2c1n3-c1nc2c(nc1-c1ccc3c(c1)sc1ccccc13)sc1ccccc12. The normalized spacial score (nSPS) is 12.3. The van der Waals surface area contributed by atoms with Crippen LogP contribution < -0.4 is 0 Å². The highest BCUT2D eigenvalue weighted by Gasteiger charge is 2.23.